The molecule has 1 atom stereocenters. The van der Waals surface area contributed by atoms with E-state index in [1.807, 2.05) is 0 Å². The van der Waals surface area contributed by atoms with Crippen molar-refractivity contribution in [3.63, 3.8) is 0 Å². The first-order valence-electron chi connectivity index (χ1n) is 5.63. The highest BCUT2D eigenvalue weighted by molar-refractivity contribution is 5.94. The van der Waals surface area contributed by atoms with Crippen molar-refractivity contribution in [1.29, 1.82) is 0 Å². The van der Waals surface area contributed by atoms with E-state index in [9.17, 15) is 13.6 Å². The van der Waals surface area contributed by atoms with Crippen LogP contribution in [0, 0.1) is 11.6 Å². The summed E-state index contributed by atoms with van der Waals surface area (Å²) in [6.07, 6.45) is 1.83. The van der Waals surface area contributed by atoms with Crippen LogP contribution < -0.4 is 10.6 Å². The minimum Gasteiger partial charge on any atom is -0.348 e. The molecule has 0 aliphatic carbocycles. The maximum absolute atomic E-state index is 13.3. The average molecular weight is 240 g/mol. The van der Waals surface area contributed by atoms with Crippen LogP contribution >= 0.6 is 0 Å². The molecule has 1 amide bonds. The van der Waals surface area contributed by atoms with Crippen LogP contribution in [-0.2, 0) is 0 Å². The zero-order valence-electron chi connectivity index (χ0n) is 9.30. The normalized spacial score (nSPS) is 20.0. The number of amides is 1. The predicted molar refractivity (Wildman–Crippen MR) is 59.7 cm³/mol. The number of halogens is 2. The van der Waals surface area contributed by atoms with Gasteiger partial charge in [-0.05, 0) is 37.6 Å². The molecule has 2 N–H and O–H groups in total. The minimum absolute atomic E-state index is 0.0149. The van der Waals surface area contributed by atoms with Crippen molar-refractivity contribution >= 4 is 5.91 Å². The Morgan fingerprint density at radius 1 is 1.41 bits per heavy atom. The summed E-state index contributed by atoms with van der Waals surface area (Å²) in [5.41, 5.74) is -0.240. The lowest BCUT2D eigenvalue weighted by Crippen LogP contribution is -2.45. The van der Waals surface area contributed by atoms with Gasteiger partial charge in [-0.3, -0.25) is 4.79 Å². The van der Waals surface area contributed by atoms with E-state index in [1.54, 1.807) is 0 Å². The van der Waals surface area contributed by atoms with Gasteiger partial charge < -0.3 is 10.6 Å². The molecule has 1 aliphatic rings. The Bertz CT molecular complexity index is 417. The number of carbonyl (C=O) groups excluding carboxylic acids is 1. The van der Waals surface area contributed by atoms with Crippen LogP contribution in [0.2, 0.25) is 0 Å². The standard InChI is InChI=1S/C12H14F2N2O/c13-8-3-4-11(14)10(6-8)12(17)16-9-2-1-5-15-7-9/h3-4,6,9,15H,1-2,5,7H2,(H,16,17). The van der Waals surface area contributed by atoms with Gasteiger partial charge in [0.1, 0.15) is 11.6 Å². The molecule has 1 heterocycles. The summed E-state index contributed by atoms with van der Waals surface area (Å²) < 4.78 is 26.3. The maximum Gasteiger partial charge on any atom is 0.254 e. The van der Waals surface area contributed by atoms with Crippen LogP contribution in [0.5, 0.6) is 0 Å². The molecule has 0 spiro atoms. The van der Waals surface area contributed by atoms with Crippen LogP contribution in [0.1, 0.15) is 23.2 Å². The Morgan fingerprint density at radius 3 is 2.94 bits per heavy atom. The monoisotopic (exact) mass is 240 g/mol. The van der Waals surface area contributed by atoms with Crippen LogP contribution in [0.4, 0.5) is 8.78 Å². The van der Waals surface area contributed by atoms with E-state index in [0.717, 1.165) is 37.6 Å². The number of hydrogen-bond donors (Lipinski definition) is 2. The Kier molecular flexibility index (Phi) is 3.68. The second kappa shape index (κ2) is 5.23. The van der Waals surface area contributed by atoms with Gasteiger partial charge in [0.2, 0.25) is 0 Å². The average Bonchev–Trinajstić information content (AvgIpc) is 2.33. The zero-order valence-corrected chi connectivity index (χ0v) is 9.30. The van der Waals surface area contributed by atoms with Gasteiger partial charge in [-0.15, -0.1) is 0 Å². The third-order valence-corrected chi connectivity index (χ3v) is 2.81. The quantitative estimate of drug-likeness (QED) is 0.821. The van der Waals surface area contributed by atoms with Crippen molar-refractivity contribution in [1.82, 2.24) is 10.6 Å². The zero-order chi connectivity index (χ0) is 12.3. The number of hydrogen-bond acceptors (Lipinski definition) is 2. The van der Waals surface area contributed by atoms with E-state index in [-0.39, 0.29) is 11.6 Å². The van der Waals surface area contributed by atoms with Gasteiger partial charge in [0, 0.05) is 12.6 Å². The molecular formula is C12H14F2N2O. The molecule has 2 rings (SSSR count). The predicted octanol–water partition coefficient (Wildman–Crippen LogP) is 1.45. The molecule has 0 radical (unpaired) electrons. The maximum atomic E-state index is 13.3. The molecule has 1 saturated heterocycles. The van der Waals surface area contributed by atoms with E-state index in [2.05, 4.69) is 10.6 Å². The van der Waals surface area contributed by atoms with Gasteiger partial charge in [-0.2, -0.15) is 0 Å². The Morgan fingerprint density at radius 2 is 2.24 bits per heavy atom. The third kappa shape index (κ3) is 3.00. The lowest BCUT2D eigenvalue weighted by atomic mass is 10.1. The number of carbonyl (C=O) groups is 1. The van der Waals surface area contributed by atoms with E-state index >= 15 is 0 Å². The molecule has 3 nitrogen and oxygen atoms in total. The lowest BCUT2D eigenvalue weighted by molar-refractivity contribution is 0.0926. The summed E-state index contributed by atoms with van der Waals surface area (Å²) in [7, 11) is 0. The number of rotatable bonds is 2. The fourth-order valence-electron chi connectivity index (χ4n) is 1.91. The highest BCUT2D eigenvalue weighted by atomic mass is 19.1. The molecule has 0 aromatic heterocycles. The van der Waals surface area contributed by atoms with E-state index in [4.69, 9.17) is 0 Å². The van der Waals surface area contributed by atoms with E-state index in [0.29, 0.717) is 6.54 Å². The van der Waals surface area contributed by atoms with Gasteiger partial charge in [0.15, 0.2) is 0 Å². The summed E-state index contributed by atoms with van der Waals surface area (Å²) in [4.78, 5) is 11.7. The summed E-state index contributed by atoms with van der Waals surface area (Å²) >= 11 is 0. The molecule has 1 aliphatic heterocycles. The SMILES string of the molecule is O=C(NC1CCCNC1)c1cc(F)ccc1F. The highest BCUT2D eigenvalue weighted by Gasteiger charge is 2.18. The molecule has 0 bridgehead atoms. The van der Waals surface area contributed by atoms with Crippen LogP contribution in [0.3, 0.4) is 0 Å². The lowest BCUT2D eigenvalue weighted by Gasteiger charge is -2.23. The van der Waals surface area contributed by atoms with Crippen LogP contribution in [-0.4, -0.2) is 25.0 Å². The number of benzene rings is 1. The van der Waals surface area contributed by atoms with Gasteiger partial charge in [0.25, 0.3) is 5.91 Å². The second-order valence-corrected chi connectivity index (χ2v) is 4.14. The molecule has 92 valence electrons. The van der Waals surface area contributed by atoms with Crippen LogP contribution in [0.15, 0.2) is 18.2 Å². The van der Waals surface area contributed by atoms with Gasteiger partial charge >= 0.3 is 0 Å². The molecule has 1 aromatic rings. The first-order chi connectivity index (χ1) is 8.16. The molecule has 1 fully saturated rings. The Balaban J connectivity index is 2.05. The first kappa shape index (κ1) is 12.0. The Hall–Kier alpha value is -1.49. The summed E-state index contributed by atoms with van der Waals surface area (Å²) in [5.74, 6) is -1.87. The molecule has 17 heavy (non-hydrogen) atoms. The number of piperidine rings is 1. The van der Waals surface area contributed by atoms with Gasteiger partial charge in [0.05, 0.1) is 5.56 Å². The molecule has 5 heteroatoms. The van der Waals surface area contributed by atoms with Crippen molar-refractivity contribution in [2.75, 3.05) is 13.1 Å². The first-order valence-corrected chi connectivity index (χ1v) is 5.63. The fourth-order valence-corrected chi connectivity index (χ4v) is 1.91. The Labute approximate surface area is 98.2 Å². The van der Waals surface area contributed by atoms with Crippen molar-refractivity contribution in [3.8, 4) is 0 Å². The molecular weight excluding hydrogens is 226 g/mol. The minimum atomic E-state index is -0.701. The fraction of sp³-hybridized carbons (Fsp3) is 0.417. The van der Waals surface area contributed by atoms with Crippen molar-refractivity contribution in [2.45, 2.75) is 18.9 Å². The summed E-state index contributed by atoms with van der Waals surface area (Å²) in [6.45, 7) is 1.60. The topological polar surface area (TPSA) is 41.1 Å². The largest absolute Gasteiger partial charge is 0.348 e. The smallest absolute Gasteiger partial charge is 0.254 e. The van der Waals surface area contributed by atoms with Crippen molar-refractivity contribution < 1.29 is 13.6 Å². The second-order valence-electron chi connectivity index (χ2n) is 4.14. The molecule has 1 unspecified atom stereocenters. The highest BCUT2D eigenvalue weighted by Crippen LogP contribution is 2.10. The van der Waals surface area contributed by atoms with Crippen LogP contribution in [0.25, 0.3) is 0 Å². The van der Waals surface area contributed by atoms with E-state index in [1.165, 1.54) is 0 Å². The van der Waals surface area contributed by atoms with E-state index < -0.39 is 17.5 Å². The van der Waals surface area contributed by atoms with Gasteiger partial charge in [-0.25, -0.2) is 8.78 Å². The summed E-state index contributed by atoms with van der Waals surface area (Å²) in [5, 5.41) is 5.83. The number of nitrogens with one attached hydrogen (secondary N) is 2. The van der Waals surface area contributed by atoms with Crippen molar-refractivity contribution in [2.24, 2.45) is 0 Å². The van der Waals surface area contributed by atoms with Crippen molar-refractivity contribution in [3.05, 3.63) is 35.4 Å². The van der Waals surface area contributed by atoms with Gasteiger partial charge in [-0.1, -0.05) is 0 Å². The summed E-state index contributed by atoms with van der Waals surface area (Å²) in [6, 6.07) is 2.86. The molecule has 0 saturated carbocycles. The molecule has 1 aromatic carbocycles. The third-order valence-electron chi connectivity index (χ3n) is 2.81.